The van der Waals surface area contributed by atoms with Crippen molar-refractivity contribution in [3.63, 3.8) is 0 Å². The van der Waals surface area contributed by atoms with Crippen LogP contribution in [0.2, 0.25) is 0 Å². The first-order valence-electron chi connectivity index (χ1n) is 10.4. The Morgan fingerprint density at radius 1 is 0.929 bits per heavy atom. The van der Waals surface area contributed by atoms with Gasteiger partial charge in [0.2, 0.25) is 0 Å². The van der Waals surface area contributed by atoms with Gasteiger partial charge in [0.05, 0.1) is 17.2 Å². The number of esters is 1. The molecule has 4 rings (SSSR count). The van der Waals surface area contributed by atoms with E-state index in [1.807, 2.05) is 12.1 Å². The first kappa shape index (κ1) is 18.7. The fourth-order valence-electron chi connectivity index (χ4n) is 5.08. The van der Waals surface area contributed by atoms with Gasteiger partial charge >= 0.3 is 5.97 Å². The van der Waals surface area contributed by atoms with E-state index < -0.39 is 0 Å². The topological polar surface area (TPSA) is 50.1 Å². The zero-order valence-electron chi connectivity index (χ0n) is 16.4. The molecule has 0 heterocycles. The molecule has 2 aromatic carbocycles. The molecule has 2 fully saturated rings. The number of nitrogens with zero attached hydrogens (tertiary/aromatic N) is 1. The third-order valence-corrected chi connectivity index (χ3v) is 6.69. The van der Waals surface area contributed by atoms with Gasteiger partial charge in [0.15, 0.2) is 0 Å². The Morgan fingerprint density at radius 2 is 1.61 bits per heavy atom. The highest BCUT2D eigenvalue weighted by Crippen LogP contribution is 2.47. The van der Waals surface area contributed by atoms with Crippen LogP contribution < -0.4 is 4.74 Å². The van der Waals surface area contributed by atoms with Crippen molar-refractivity contribution >= 4 is 5.97 Å². The lowest BCUT2D eigenvalue weighted by molar-refractivity contribution is 0.0734. The lowest BCUT2D eigenvalue weighted by atomic mass is 9.64. The van der Waals surface area contributed by atoms with E-state index >= 15 is 0 Å². The second kappa shape index (κ2) is 8.19. The van der Waals surface area contributed by atoms with E-state index in [0.717, 1.165) is 17.8 Å². The summed E-state index contributed by atoms with van der Waals surface area (Å²) in [5, 5.41) is 8.84. The molecule has 2 aliphatic rings. The molecule has 0 amide bonds. The van der Waals surface area contributed by atoms with Crippen LogP contribution >= 0.6 is 0 Å². The van der Waals surface area contributed by atoms with Crippen molar-refractivity contribution in [3.8, 4) is 11.8 Å². The van der Waals surface area contributed by atoms with Crippen LogP contribution in [0.4, 0.5) is 0 Å². The van der Waals surface area contributed by atoms with Gasteiger partial charge in [-0.3, -0.25) is 0 Å². The SMILES string of the molecule is CC1CCC2CC(c3ccc(C(=O)Oc4ccc(C#N)cc4)cc3)CCC2C1. The van der Waals surface area contributed by atoms with Crippen molar-refractivity contribution in [2.75, 3.05) is 0 Å². The van der Waals surface area contributed by atoms with Gasteiger partial charge in [-0.2, -0.15) is 5.26 Å². The Morgan fingerprint density at radius 3 is 2.32 bits per heavy atom. The molecule has 0 saturated heterocycles. The summed E-state index contributed by atoms with van der Waals surface area (Å²) in [6.45, 7) is 2.40. The molecule has 3 heteroatoms. The molecule has 2 aliphatic carbocycles. The molecule has 0 aliphatic heterocycles. The lowest BCUT2D eigenvalue weighted by Crippen LogP contribution is -2.29. The third kappa shape index (κ3) is 4.12. The molecule has 4 atom stereocenters. The quantitative estimate of drug-likeness (QED) is 0.483. The third-order valence-electron chi connectivity index (χ3n) is 6.69. The van der Waals surface area contributed by atoms with Crippen LogP contribution in [-0.4, -0.2) is 5.97 Å². The highest BCUT2D eigenvalue weighted by atomic mass is 16.5. The predicted octanol–water partition coefficient (Wildman–Crippen LogP) is 6.10. The predicted molar refractivity (Wildman–Crippen MR) is 109 cm³/mol. The molecule has 0 N–H and O–H groups in total. The number of rotatable bonds is 3. The van der Waals surface area contributed by atoms with Gasteiger partial charge in [0, 0.05) is 0 Å². The molecular weight excluding hydrogens is 346 g/mol. The lowest BCUT2D eigenvalue weighted by Gasteiger charge is -2.41. The highest BCUT2D eigenvalue weighted by Gasteiger charge is 2.34. The number of nitriles is 1. The Hall–Kier alpha value is -2.60. The smallest absolute Gasteiger partial charge is 0.343 e. The van der Waals surface area contributed by atoms with Crippen LogP contribution in [0.5, 0.6) is 5.75 Å². The summed E-state index contributed by atoms with van der Waals surface area (Å²) in [4.78, 5) is 12.4. The summed E-state index contributed by atoms with van der Waals surface area (Å²) in [6, 6.07) is 16.6. The van der Waals surface area contributed by atoms with Crippen molar-refractivity contribution in [1.82, 2.24) is 0 Å². The summed E-state index contributed by atoms with van der Waals surface area (Å²) in [5.74, 6) is 3.44. The zero-order valence-corrected chi connectivity index (χ0v) is 16.4. The average molecular weight is 373 g/mol. The molecule has 0 spiro atoms. The maximum Gasteiger partial charge on any atom is 0.343 e. The maximum absolute atomic E-state index is 12.4. The van der Waals surface area contributed by atoms with Crippen molar-refractivity contribution in [1.29, 1.82) is 5.26 Å². The number of ether oxygens (including phenoxy) is 1. The molecular formula is C25H27NO2. The summed E-state index contributed by atoms with van der Waals surface area (Å²) >= 11 is 0. The number of fused-ring (bicyclic) bond motifs is 1. The summed E-state index contributed by atoms with van der Waals surface area (Å²) in [7, 11) is 0. The number of carbonyl (C=O) groups excluding carboxylic acids is 1. The van der Waals surface area contributed by atoms with Crippen LogP contribution in [0.25, 0.3) is 0 Å². The Balaban J connectivity index is 1.38. The fourth-order valence-corrected chi connectivity index (χ4v) is 5.08. The molecule has 28 heavy (non-hydrogen) atoms. The number of carbonyl (C=O) groups is 1. The van der Waals surface area contributed by atoms with Crippen LogP contribution in [0.1, 0.15) is 72.9 Å². The van der Waals surface area contributed by atoms with Gasteiger partial charge in [-0.25, -0.2) is 4.79 Å². The number of hydrogen-bond acceptors (Lipinski definition) is 3. The monoisotopic (exact) mass is 373 g/mol. The van der Waals surface area contributed by atoms with E-state index in [9.17, 15) is 4.79 Å². The van der Waals surface area contributed by atoms with Crippen LogP contribution in [0.15, 0.2) is 48.5 Å². The second-order valence-electron chi connectivity index (χ2n) is 8.60. The Labute approximate surface area is 167 Å². The van der Waals surface area contributed by atoms with Gasteiger partial charge in [0.1, 0.15) is 5.75 Å². The largest absolute Gasteiger partial charge is 0.423 e. The van der Waals surface area contributed by atoms with Crippen molar-refractivity contribution in [3.05, 3.63) is 65.2 Å². The van der Waals surface area contributed by atoms with Gasteiger partial charge < -0.3 is 4.74 Å². The number of hydrogen-bond donors (Lipinski definition) is 0. The van der Waals surface area contributed by atoms with Crippen LogP contribution in [0, 0.1) is 29.1 Å². The number of benzene rings is 2. The van der Waals surface area contributed by atoms with Crippen molar-refractivity contribution in [2.24, 2.45) is 17.8 Å². The average Bonchev–Trinajstić information content (AvgIpc) is 2.74. The first-order valence-corrected chi connectivity index (χ1v) is 10.4. The molecule has 0 bridgehead atoms. The van der Waals surface area contributed by atoms with Gasteiger partial charge in [-0.05, 0) is 97.7 Å². The molecule has 144 valence electrons. The van der Waals surface area contributed by atoms with E-state index in [0.29, 0.717) is 22.8 Å². The Bertz CT molecular complexity index is 863. The molecule has 4 unspecified atom stereocenters. The minimum absolute atomic E-state index is 0.360. The minimum atomic E-state index is -0.360. The van der Waals surface area contributed by atoms with Gasteiger partial charge in [-0.1, -0.05) is 25.5 Å². The minimum Gasteiger partial charge on any atom is -0.423 e. The molecule has 2 saturated carbocycles. The van der Waals surface area contributed by atoms with Gasteiger partial charge in [0.25, 0.3) is 0 Å². The first-order chi connectivity index (χ1) is 13.6. The molecule has 0 aromatic heterocycles. The van der Waals surface area contributed by atoms with E-state index in [-0.39, 0.29) is 5.97 Å². The molecule has 3 nitrogen and oxygen atoms in total. The normalized spacial score (nSPS) is 26.7. The summed E-state index contributed by atoms with van der Waals surface area (Å²) in [6.07, 6.45) is 8.10. The van der Waals surface area contributed by atoms with Crippen molar-refractivity contribution < 1.29 is 9.53 Å². The van der Waals surface area contributed by atoms with E-state index in [2.05, 4.69) is 25.1 Å². The fraction of sp³-hybridized carbons (Fsp3) is 0.440. The summed E-state index contributed by atoms with van der Waals surface area (Å²) in [5.41, 5.74) is 2.46. The zero-order chi connectivity index (χ0) is 19.5. The molecule has 2 aromatic rings. The van der Waals surface area contributed by atoms with E-state index in [4.69, 9.17) is 10.00 Å². The van der Waals surface area contributed by atoms with E-state index in [1.54, 1.807) is 24.3 Å². The summed E-state index contributed by atoms with van der Waals surface area (Å²) < 4.78 is 5.42. The maximum atomic E-state index is 12.4. The second-order valence-corrected chi connectivity index (χ2v) is 8.60. The van der Waals surface area contributed by atoms with E-state index in [1.165, 1.54) is 44.1 Å². The Kier molecular flexibility index (Phi) is 5.48. The van der Waals surface area contributed by atoms with Crippen LogP contribution in [0.3, 0.4) is 0 Å². The van der Waals surface area contributed by atoms with Gasteiger partial charge in [-0.15, -0.1) is 0 Å². The standard InChI is InChI=1S/C25H27NO2/c1-17-2-5-23-15-22(11-10-21(23)14-17)19-6-8-20(9-7-19)25(27)28-24-12-3-18(16-26)4-13-24/h3-4,6-9,12-13,17,21-23H,2,5,10-11,14-15H2,1H3. The molecule has 0 radical (unpaired) electrons. The van der Waals surface area contributed by atoms with Crippen molar-refractivity contribution in [2.45, 2.75) is 51.4 Å². The highest BCUT2D eigenvalue weighted by molar-refractivity contribution is 5.91. The van der Waals surface area contributed by atoms with Crippen LogP contribution in [-0.2, 0) is 0 Å².